The maximum atomic E-state index is 14.5. The summed E-state index contributed by atoms with van der Waals surface area (Å²) in [7, 11) is 1.54. The molecule has 0 aliphatic carbocycles. The monoisotopic (exact) mass is 536 g/mol. The summed E-state index contributed by atoms with van der Waals surface area (Å²) in [5.41, 5.74) is 6.63. The fourth-order valence-electron chi connectivity index (χ4n) is 3.68. The van der Waals surface area contributed by atoms with E-state index in [0.717, 1.165) is 30.4 Å². The van der Waals surface area contributed by atoms with Gasteiger partial charge in [0, 0.05) is 22.6 Å². The second kappa shape index (κ2) is 13.9. The number of nitrogens with one attached hydrogen (secondary N) is 1. The Bertz CT molecular complexity index is 983. The second-order valence-electron chi connectivity index (χ2n) is 7.79. The molecule has 3 N–H and O–H groups in total. The van der Waals surface area contributed by atoms with Crippen LogP contribution in [0.3, 0.4) is 0 Å². The van der Waals surface area contributed by atoms with Crippen LogP contribution < -0.4 is 20.5 Å². The Hall–Kier alpha value is -2.65. The highest BCUT2D eigenvalue weighted by molar-refractivity contribution is 9.10. The Morgan fingerprint density at radius 3 is 2.68 bits per heavy atom. The van der Waals surface area contributed by atoms with Crippen LogP contribution in [0.4, 0.5) is 4.39 Å². The Labute approximate surface area is 209 Å². The molecule has 9 heteroatoms. The molecule has 1 amide bonds. The summed E-state index contributed by atoms with van der Waals surface area (Å²) in [6.07, 6.45) is 1.82. The van der Waals surface area contributed by atoms with Crippen LogP contribution in [-0.4, -0.2) is 49.6 Å². The molecule has 0 aliphatic heterocycles. The van der Waals surface area contributed by atoms with Crippen LogP contribution in [0.1, 0.15) is 49.5 Å². The molecule has 1 unspecified atom stereocenters. The van der Waals surface area contributed by atoms with Gasteiger partial charge in [-0.3, -0.25) is 15.1 Å². The number of nitrogens with two attached hydrogens (primary N) is 1. The number of methoxy groups -OCH3 is 1. The van der Waals surface area contributed by atoms with E-state index in [1.807, 2.05) is 12.1 Å². The predicted molar refractivity (Wildman–Crippen MR) is 137 cm³/mol. The number of carbonyl (C=O) groups excluding carboxylic acids is 1. The molecule has 2 rings (SSSR count). The number of benzene rings is 2. The van der Waals surface area contributed by atoms with Gasteiger partial charge in [0.1, 0.15) is 12.4 Å². The van der Waals surface area contributed by atoms with Gasteiger partial charge < -0.3 is 20.1 Å². The van der Waals surface area contributed by atoms with Gasteiger partial charge >= 0.3 is 0 Å². The highest BCUT2D eigenvalue weighted by Gasteiger charge is 2.18. The maximum absolute atomic E-state index is 14.5. The topological polar surface area (TPSA) is 89.2 Å². The number of hydrogen-bond acceptors (Lipinski definition) is 5. The van der Waals surface area contributed by atoms with Gasteiger partial charge in [0.2, 0.25) is 0 Å². The molecule has 186 valence electrons. The molecule has 0 aromatic heterocycles. The van der Waals surface area contributed by atoms with Crippen LogP contribution in [0.5, 0.6) is 11.5 Å². The van der Waals surface area contributed by atoms with Gasteiger partial charge in [0.05, 0.1) is 12.7 Å². The smallest absolute Gasteiger partial charge is 0.261 e. The summed E-state index contributed by atoms with van der Waals surface area (Å²) < 4.78 is 26.4. The van der Waals surface area contributed by atoms with Crippen molar-refractivity contribution in [2.24, 2.45) is 10.7 Å². The standard InChI is InChI=1S/C25H34BrFN4O3/c1-5-31(6-2)17(3)9-8-14-29-25(28)30-24(32)20-10-7-11-21(27)23(20)34-16-18-15-19(26)12-13-22(18)33-4/h7,10-13,15,17H,5-6,8-9,14,16H2,1-4H3,(H3,28,29,30,32). The lowest BCUT2D eigenvalue weighted by Gasteiger charge is -2.26. The van der Waals surface area contributed by atoms with Crippen LogP contribution in [-0.2, 0) is 6.61 Å². The third kappa shape index (κ3) is 7.99. The number of carbonyl (C=O) groups is 1. The quantitative estimate of drug-likeness (QED) is 0.232. The summed E-state index contributed by atoms with van der Waals surface area (Å²) in [6, 6.07) is 10.0. The Morgan fingerprint density at radius 1 is 1.26 bits per heavy atom. The number of amides is 1. The van der Waals surface area contributed by atoms with Gasteiger partial charge in [-0.1, -0.05) is 35.8 Å². The van der Waals surface area contributed by atoms with E-state index in [2.05, 4.69) is 51.9 Å². The molecule has 0 bridgehead atoms. The number of ether oxygens (including phenoxy) is 2. The van der Waals surface area contributed by atoms with E-state index < -0.39 is 11.7 Å². The van der Waals surface area contributed by atoms with Crippen LogP contribution in [0.15, 0.2) is 45.9 Å². The minimum Gasteiger partial charge on any atom is -0.496 e. The average molecular weight is 537 g/mol. The molecule has 0 heterocycles. The molecule has 2 aromatic rings. The lowest BCUT2D eigenvalue weighted by Crippen LogP contribution is -2.37. The molecule has 0 saturated carbocycles. The average Bonchev–Trinajstić information content (AvgIpc) is 2.81. The minimum atomic E-state index is -0.650. The van der Waals surface area contributed by atoms with Gasteiger partial charge in [-0.25, -0.2) is 4.39 Å². The Balaban J connectivity index is 2.02. The molecule has 34 heavy (non-hydrogen) atoms. The van der Waals surface area contributed by atoms with Crippen LogP contribution >= 0.6 is 15.9 Å². The number of nitrogens with zero attached hydrogens (tertiary/aromatic N) is 2. The fourth-order valence-corrected chi connectivity index (χ4v) is 4.09. The van der Waals surface area contributed by atoms with Crippen LogP contribution in [0.2, 0.25) is 0 Å². The first-order valence-corrected chi connectivity index (χ1v) is 12.2. The minimum absolute atomic E-state index is 0.00985. The van der Waals surface area contributed by atoms with Crippen LogP contribution in [0.25, 0.3) is 0 Å². The first-order chi connectivity index (χ1) is 16.3. The summed E-state index contributed by atoms with van der Waals surface area (Å²) in [5.74, 6) is -0.819. The molecular formula is C25H34BrFN4O3. The van der Waals surface area contributed by atoms with Crippen molar-refractivity contribution >= 4 is 27.8 Å². The highest BCUT2D eigenvalue weighted by Crippen LogP contribution is 2.27. The second-order valence-corrected chi connectivity index (χ2v) is 8.71. The first-order valence-electron chi connectivity index (χ1n) is 11.4. The van der Waals surface area contributed by atoms with Crippen molar-refractivity contribution in [2.75, 3.05) is 26.7 Å². The van der Waals surface area contributed by atoms with E-state index in [9.17, 15) is 9.18 Å². The van der Waals surface area contributed by atoms with E-state index >= 15 is 0 Å². The van der Waals surface area contributed by atoms with Crippen molar-refractivity contribution in [3.63, 3.8) is 0 Å². The number of guanidine groups is 1. The molecule has 7 nitrogen and oxygen atoms in total. The number of rotatable bonds is 12. The number of halogens is 2. The third-order valence-electron chi connectivity index (χ3n) is 5.57. The zero-order chi connectivity index (χ0) is 25.1. The summed E-state index contributed by atoms with van der Waals surface area (Å²) in [4.78, 5) is 19.4. The third-order valence-corrected chi connectivity index (χ3v) is 6.06. The first kappa shape index (κ1) is 27.6. The van der Waals surface area contributed by atoms with Crippen molar-refractivity contribution in [3.8, 4) is 11.5 Å². The van der Waals surface area contributed by atoms with Gasteiger partial charge in [-0.2, -0.15) is 0 Å². The van der Waals surface area contributed by atoms with Gasteiger partial charge in [-0.15, -0.1) is 0 Å². The van der Waals surface area contributed by atoms with Crippen molar-refractivity contribution < 1.29 is 18.7 Å². The maximum Gasteiger partial charge on any atom is 0.261 e. The number of aliphatic imine (C=N–C) groups is 1. The van der Waals surface area contributed by atoms with Crippen molar-refractivity contribution in [1.82, 2.24) is 10.2 Å². The Kier molecular flexibility index (Phi) is 11.3. The Morgan fingerprint density at radius 2 is 2.00 bits per heavy atom. The molecule has 1 atom stereocenters. The van der Waals surface area contributed by atoms with Crippen molar-refractivity contribution in [3.05, 3.63) is 57.8 Å². The highest BCUT2D eigenvalue weighted by atomic mass is 79.9. The molecule has 0 saturated heterocycles. The summed E-state index contributed by atoms with van der Waals surface area (Å²) >= 11 is 3.40. The van der Waals surface area contributed by atoms with Crippen molar-refractivity contribution in [2.45, 2.75) is 46.3 Å². The molecule has 0 radical (unpaired) electrons. The van der Waals surface area contributed by atoms with E-state index in [1.54, 1.807) is 13.2 Å². The van der Waals surface area contributed by atoms with Gasteiger partial charge in [0.25, 0.3) is 5.91 Å². The molecule has 0 aliphatic rings. The summed E-state index contributed by atoms with van der Waals surface area (Å²) in [5, 5.41) is 2.53. The SMILES string of the molecule is CCN(CC)C(C)CCCN=C(N)NC(=O)c1cccc(F)c1OCc1cc(Br)ccc1OC. The van der Waals surface area contributed by atoms with Crippen LogP contribution in [0, 0.1) is 5.82 Å². The lowest BCUT2D eigenvalue weighted by molar-refractivity contribution is 0.0971. The molecular weight excluding hydrogens is 503 g/mol. The zero-order valence-corrected chi connectivity index (χ0v) is 21.8. The number of hydrogen-bond donors (Lipinski definition) is 2. The summed E-state index contributed by atoms with van der Waals surface area (Å²) in [6.45, 7) is 9.00. The van der Waals surface area contributed by atoms with Gasteiger partial charge in [0.15, 0.2) is 17.5 Å². The van der Waals surface area contributed by atoms with E-state index in [0.29, 0.717) is 23.9 Å². The lowest BCUT2D eigenvalue weighted by atomic mass is 10.1. The normalized spacial score (nSPS) is 12.5. The molecule has 0 fully saturated rings. The predicted octanol–water partition coefficient (Wildman–Crippen LogP) is 4.73. The molecule has 2 aromatic carbocycles. The van der Waals surface area contributed by atoms with E-state index in [-0.39, 0.29) is 23.9 Å². The molecule has 0 spiro atoms. The largest absolute Gasteiger partial charge is 0.496 e. The van der Waals surface area contributed by atoms with Gasteiger partial charge in [-0.05, 0) is 63.2 Å². The fraction of sp³-hybridized carbons (Fsp3) is 0.440. The van der Waals surface area contributed by atoms with E-state index in [1.165, 1.54) is 18.2 Å². The zero-order valence-electron chi connectivity index (χ0n) is 20.2. The van der Waals surface area contributed by atoms with E-state index in [4.69, 9.17) is 15.2 Å². The van der Waals surface area contributed by atoms with Crippen molar-refractivity contribution in [1.29, 1.82) is 0 Å². The number of para-hydroxylation sites is 1.